The van der Waals surface area contributed by atoms with Crippen LogP contribution in [-0.2, 0) is 0 Å². The predicted molar refractivity (Wildman–Crippen MR) is 54.8 cm³/mol. The summed E-state index contributed by atoms with van der Waals surface area (Å²) in [6.45, 7) is 0.190. The van der Waals surface area contributed by atoms with Gasteiger partial charge in [-0.1, -0.05) is 0 Å². The van der Waals surface area contributed by atoms with Crippen molar-refractivity contribution < 1.29 is 19.4 Å². The summed E-state index contributed by atoms with van der Waals surface area (Å²) in [7, 11) is 0. The van der Waals surface area contributed by atoms with Crippen LogP contribution in [0.2, 0.25) is 0 Å². The number of carboxylic acids is 1. The van der Waals surface area contributed by atoms with E-state index in [1.807, 2.05) is 0 Å². The van der Waals surface area contributed by atoms with Gasteiger partial charge in [0, 0.05) is 5.39 Å². The number of rotatable bonds is 1. The Morgan fingerprint density at radius 3 is 2.94 bits per heavy atom. The number of aromatic carboxylic acids is 1. The first-order chi connectivity index (χ1) is 7.75. The number of nitrogens with zero attached hydrogens (tertiary/aromatic N) is 1. The summed E-state index contributed by atoms with van der Waals surface area (Å²) in [6, 6.07) is 6.57. The summed E-state index contributed by atoms with van der Waals surface area (Å²) in [5.41, 5.74) is 0.607. The molecule has 5 nitrogen and oxygen atoms in total. The second-order valence-electron chi connectivity index (χ2n) is 3.37. The number of hydrogen-bond donors (Lipinski definition) is 1. The molecule has 5 heteroatoms. The number of ether oxygens (including phenoxy) is 2. The molecule has 0 saturated carbocycles. The lowest BCUT2D eigenvalue weighted by molar-refractivity contribution is 0.0691. The molecule has 0 radical (unpaired) electrons. The highest BCUT2D eigenvalue weighted by Gasteiger charge is 2.17. The van der Waals surface area contributed by atoms with Crippen LogP contribution in [0.5, 0.6) is 11.5 Å². The van der Waals surface area contributed by atoms with Crippen LogP contribution in [0.4, 0.5) is 0 Å². The van der Waals surface area contributed by atoms with Crippen molar-refractivity contribution in [2.45, 2.75) is 0 Å². The molecule has 1 aromatic carbocycles. The average molecular weight is 217 g/mol. The second-order valence-corrected chi connectivity index (χ2v) is 3.37. The van der Waals surface area contributed by atoms with E-state index in [0.717, 1.165) is 5.39 Å². The summed E-state index contributed by atoms with van der Waals surface area (Å²) < 4.78 is 10.5. The molecular weight excluding hydrogens is 210 g/mol. The Kier molecular flexibility index (Phi) is 1.73. The van der Waals surface area contributed by atoms with Crippen molar-refractivity contribution in [1.29, 1.82) is 0 Å². The van der Waals surface area contributed by atoms with Crippen LogP contribution in [0.3, 0.4) is 0 Å². The summed E-state index contributed by atoms with van der Waals surface area (Å²) in [6.07, 6.45) is 0. The van der Waals surface area contributed by atoms with Gasteiger partial charge in [-0.2, -0.15) is 0 Å². The van der Waals surface area contributed by atoms with Crippen LogP contribution < -0.4 is 9.47 Å². The molecule has 0 fully saturated rings. The quantitative estimate of drug-likeness (QED) is 0.786. The Labute approximate surface area is 90.2 Å². The third-order valence-corrected chi connectivity index (χ3v) is 2.42. The molecule has 0 aliphatic carbocycles. The van der Waals surface area contributed by atoms with Gasteiger partial charge in [-0.25, -0.2) is 9.78 Å². The number of benzene rings is 1. The van der Waals surface area contributed by atoms with E-state index in [1.54, 1.807) is 18.2 Å². The zero-order valence-electron chi connectivity index (χ0n) is 8.14. The van der Waals surface area contributed by atoms with Crippen LogP contribution >= 0.6 is 0 Å². The molecule has 0 saturated heterocycles. The highest BCUT2D eigenvalue weighted by Crippen LogP contribution is 2.38. The summed E-state index contributed by atoms with van der Waals surface area (Å²) in [5.74, 6) is 0.249. The van der Waals surface area contributed by atoms with Crippen molar-refractivity contribution in [3.8, 4) is 11.5 Å². The van der Waals surface area contributed by atoms with Gasteiger partial charge in [0.2, 0.25) is 6.79 Å². The van der Waals surface area contributed by atoms with Crippen molar-refractivity contribution in [3.63, 3.8) is 0 Å². The van der Waals surface area contributed by atoms with E-state index in [0.29, 0.717) is 17.0 Å². The van der Waals surface area contributed by atoms with E-state index >= 15 is 0 Å². The maximum absolute atomic E-state index is 10.8. The number of carboxylic acid groups (broad SMARTS) is 1. The van der Waals surface area contributed by atoms with Crippen molar-refractivity contribution in [2.75, 3.05) is 6.79 Å². The van der Waals surface area contributed by atoms with Crippen molar-refractivity contribution in [2.24, 2.45) is 0 Å². The third kappa shape index (κ3) is 1.18. The van der Waals surface area contributed by atoms with E-state index in [4.69, 9.17) is 14.6 Å². The normalized spacial score (nSPS) is 13.0. The van der Waals surface area contributed by atoms with Crippen LogP contribution in [0.15, 0.2) is 24.3 Å². The second kappa shape index (κ2) is 3.10. The number of aromatic nitrogens is 1. The smallest absolute Gasteiger partial charge is 0.354 e. The number of hydrogen-bond acceptors (Lipinski definition) is 4. The van der Waals surface area contributed by atoms with Gasteiger partial charge in [-0.3, -0.25) is 0 Å². The molecule has 80 valence electrons. The van der Waals surface area contributed by atoms with E-state index in [2.05, 4.69) is 4.98 Å². The van der Waals surface area contributed by atoms with Crippen LogP contribution in [0, 0.1) is 0 Å². The zero-order chi connectivity index (χ0) is 11.1. The van der Waals surface area contributed by atoms with Gasteiger partial charge in [0.1, 0.15) is 5.69 Å². The zero-order valence-corrected chi connectivity index (χ0v) is 8.14. The molecule has 16 heavy (non-hydrogen) atoms. The first kappa shape index (κ1) is 8.96. The third-order valence-electron chi connectivity index (χ3n) is 2.42. The minimum Gasteiger partial charge on any atom is -0.477 e. The number of carbonyl (C=O) groups is 1. The Bertz CT molecular complexity index is 594. The number of fused-ring (bicyclic) bond motifs is 3. The van der Waals surface area contributed by atoms with Crippen molar-refractivity contribution >= 4 is 16.9 Å². The number of pyridine rings is 1. The topological polar surface area (TPSA) is 68.7 Å². The van der Waals surface area contributed by atoms with Gasteiger partial charge >= 0.3 is 5.97 Å². The highest BCUT2D eigenvalue weighted by atomic mass is 16.7. The molecule has 1 aromatic heterocycles. The Hall–Kier alpha value is -2.30. The lowest BCUT2D eigenvalue weighted by Crippen LogP contribution is -1.99. The molecule has 2 heterocycles. The fraction of sp³-hybridized carbons (Fsp3) is 0.0909. The SMILES string of the molecule is O=C(O)c1ccc2c3c(ccc2n1)OCO3. The predicted octanol–water partition coefficient (Wildman–Crippen LogP) is 1.66. The molecule has 0 bridgehead atoms. The van der Waals surface area contributed by atoms with Crippen LogP contribution in [0.1, 0.15) is 10.5 Å². The maximum atomic E-state index is 10.8. The van der Waals surface area contributed by atoms with Gasteiger partial charge in [0.15, 0.2) is 11.5 Å². The minimum absolute atomic E-state index is 0.0198. The molecule has 0 spiro atoms. The van der Waals surface area contributed by atoms with Gasteiger partial charge < -0.3 is 14.6 Å². The fourth-order valence-electron chi connectivity index (χ4n) is 1.69. The summed E-state index contributed by atoms with van der Waals surface area (Å²) in [5, 5.41) is 9.58. The first-order valence-electron chi connectivity index (χ1n) is 4.68. The molecule has 1 aliphatic heterocycles. The minimum atomic E-state index is -1.04. The van der Waals surface area contributed by atoms with Crippen LogP contribution in [0.25, 0.3) is 10.9 Å². The monoisotopic (exact) mass is 217 g/mol. The Balaban J connectivity index is 2.28. The Morgan fingerprint density at radius 2 is 2.12 bits per heavy atom. The molecule has 0 amide bonds. The molecule has 0 unspecified atom stereocenters. The highest BCUT2D eigenvalue weighted by molar-refractivity contribution is 5.93. The lowest BCUT2D eigenvalue weighted by atomic mass is 10.1. The van der Waals surface area contributed by atoms with Gasteiger partial charge in [0.25, 0.3) is 0 Å². The molecule has 3 rings (SSSR count). The maximum Gasteiger partial charge on any atom is 0.354 e. The lowest BCUT2D eigenvalue weighted by Gasteiger charge is -2.02. The van der Waals surface area contributed by atoms with Gasteiger partial charge in [0.05, 0.1) is 5.52 Å². The molecule has 1 aliphatic rings. The van der Waals surface area contributed by atoms with Crippen molar-refractivity contribution in [3.05, 3.63) is 30.0 Å². The molecule has 1 N–H and O–H groups in total. The van der Waals surface area contributed by atoms with Crippen molar-refractivity contribution in [1.82, 2.24) is 4.98 Å². The van der Waals surface area contributed by atoms with E-state index in [-0.39, 0.29) is 12.5 Å². The molecular formula is C11H7NO4. The Morgan fingerprint density at radius 1 is 1.25 bits per heavy atom. The molecule has 0 atom stereocenters. The van der Waals surface area contributed by atoms with E-state index in [1.165, 1.54) is 6.07 Å². The summed E-state index contributed by atoms with van der Waals surface area (Å²) >= 11 is 0. The van der Waals surface area contributed by atoms with Gasteiger partial charge in [-0.05, 0) is 24.3 Å². The first-order valence-corrected chi connectivity index (χ1v) is 4.68. The largest absolute Gasteiger partial charge is 0.477 e. The summed E-state index contributed by atoms with van der Waals surface area (Å²) in [4.78, 5) is 14.8. The fourth-order valence-corrected chi connectivity index (χ4v) is 1.69. The molecule has 2 aromatic rings. The van der Waals surface area contributed by atoms with E-state index < -0.39 is 5.97 Å². The average Bonchev–Trinajstić information content (AvgIpc) is 2.76. The van der Waals surface area contributed by atoms with E-state index in [9.17, 15) is 4.79 Å². The standard InChI is InChI=1S/C11H7NO4/c13-11(14)8-2-1-6-7(12-8)3-4-9-10(6)16-5-15-9/h1-4H,5H2,(H,13,14). The van der Waals surface area contributed by atoms with Crippen LogP contribution in [-0.4, -0.2) is 22.9 Å². The van der Waals surface area contributed by atoms with Gasteiger partial charge in [-0.15, -0.1) is 0 Å².